The van der Waals surface area contributed by atoms with Crippen molar-refractivity contribution in [2.75, 3.05) is 5.75 Å². The number of rotatable bonds is 7. The lowest BCUT2D eigenvalue weighted by Gasteiger charge is -2.11. The number of hydrogen-bond donors (Lipinski definition) is 1. The molecule has 0 fully saturated rings. The van der Waals surface area contributed by atoms with Gasteiger partial charge in [0.05, 0.1) is 0 Å². The van der Waals surface area contributed by atoms with Crippen LogP contribution in [-0.4, -0.2) is 11.7 Å². The molecule has 2 rings (SSSR count). The maximum absolute atomic E-state index is 11.9. The summed E-state index contributed by atoms with van der Waals surface area (Å²) in [6, 6.07) is 17.9. The highest BCUT2D eigenvalue weighted by Crippen LogP contribution is 2.28. The van der Waals surface area contributed by atoms with Gasteiger partial charge >= 0.3 is 0 Å². The third-order valence-electron chi connectivity index (χ3n) is 3.40. The zero-order chi connectivity index (χ0) is 15.8. The van der Waals surface area contributed by atoms with Gasteiger partial charge in [0.25, 0.3) is 0 Å². The molecular formula is C18H20ClNOS. The Morgan fingerprint density at radius 3 is 2.55 bits per heavy atom. The Hall–Kier alpha value is -1.45. The monoisotopic (exact) mass is 333 g/mol. The van der Waals surface area contributed by atoms with Crippen molar-refractivity contribution in [1.29, 1.82) is 0 Å². The summed E-state index contributed by atoms with van der Waals surface area (Å²) in [5, 5.41) is 4.01. The second-order valence-corrected chi connectivity index (χ2v) is 6.90. The van der Waals surface area contributed by atoms with Gasteiger partial charge in [0.2, 0.25) is 5.91 Å². The van der Waals surface area contributed by atoms with Crippen molar-refractivity contribution in [1.82, 2.24) is 5.32 Å². The third-order valence-corrected chi connectivity index (χ3v) is 4.98. The molecule has 116 valence electrons. The van der Waals surface area contributed by atoms with Crippen LogP contribution in [0.15, 0.2) is 54.6 Å². The van der Waals surface area contributed by atoms with E-state index in [2.05, 4.69) is 24.4 Å². The number of carbonyl (C=O) groups excluding carboxylic acids is 1. The van der Waals surface area contributed by atoms with Crippen molar-refractivity contribution in [2.24, 2.45) is 0 Å². The summed E-state index contributed by atoms with van der Waals surface area (Å²) in [6.45, 7) is 2.65. The molecule has 0 aliphatic heterocycles. The molecule has 4 heteroatoms. The third kappa shape index (κ3) is 5.39. The van der Waals surface area contributed by atoms with Crippen LogP contribution in [0.5, 0.6) is 0 Å². The van der Waals surface area contributed by atoms with Crippen molar-refractivity contribution >= 4 is 29.3 Å². The van der Waals surface area contributed by atoms with E-state index < -0.39 is 0 Å². The van der Waals surface area contributed by atoms with E-state index >= 15 is 0 Å². The summed E-state index contributed by atoms with van der Waals surface area (Å²) in [7, 11) is 0. The zero-order valence-electron chi connectivity index (χ0n) is 12.6. The quantitative estimate of drug-likeness (QED) is 0.785. The van der Waals surface area contributed by atoms with Gasteiger partial charge in [0, 0.05) is 29.0 Å². The lowest BCUT2D eigenvalue weighted by molar-refractivity contribution is -0.120. The minimum atomic E-state index is 0.0627. The van der Waals surface area contributed by atoms with Gasteiger partial charge in [-0.15, -0.1) is 0 Å². The highest BCUT2D eigenvalue weighted by atomic mass is 35.5. The fraction of sp³-hybridized carbons (Fsp3) is 0.278. The molecule has 0 heterocycles. The van der Waals surface area contributed by atoms with Crippen molar-refractivity contribution in [3.63, 3.8) is 0 Å². The molecule has 0 aliphatic carbocycles. The molecule has 0 spiro atoms. The Labute approximate surface area is 141 Å². The molecule has 0 aromatic heterocycles. The van der Waals surface area contributed by atoms with Crippen molar-refractivity contribution in [2.45, 2.75) is 25.1 Å². The van der Waals surface area contributed by atoms with E-state index in [0.717, 1.165) is 11.3 Å². The second-order valence-electron chi connectivity index (χ2n) is 5.04. The summed E-state index contributed by atoms with van der Waals surface area (Å²) < 4.78 is 0. The van der Waals surface area contributed by atoms with E-state index in [1.54, 1.807) is 11.8 Å². The summed E-state index contributed by atoms with van der Waals surface area (Å²) in [6.07, 6.45) is 0.520. The Kier molecular flexibility index (Phi) is 6.81. The number of thioether (sulfide) groups is 1. The summed E-state index contributed by atoms with van der Waals surface area (Å²) in [5.41, 5.74) is 2.24. The predicted molar refractivity (Wildman–Crippen MR) is 95.2 cm³/mol. The van der Waals surface area contributed by atoms with Gasteiger partial charge in [-0.05, 0) is 24.1 Å². The van der Waals surface area contributed by atoms with E-state index in [9.17, 15) is 4.79 Å². The van der Waals surface area contributed by atoms with Gasteiger partial charge in [-0.1, -0.05) is 60.1 Å². The van der Waals surface area contributed by atoms with Crippen LogP contribution in [0.25, 0.3) is 0 Å². The molecule has 1 amide bonds. The molecule has 0 radical (unpaired) electrons. The molecule has 2 aromatic rings. The van der Waals surface area contributed by atoms with Crippen molar-refractivity contribution in [3.8, 4) is 0 Å². The Morgan fingerprint density at radius 1 is 1.14 bits per heavy atom. The first-order valence-corrected chi connectivity index (χ1v) is 8.76. The van der Waals surface area contributed by atoms with Crippen LogP contribution in [0.3, 0.4) is 0 Å². The number of benzene rings is 2. The van der Waals surface area contributed by atoms with E-state index in [1.165, 1.54) is 5.56 Å². The normalized spacial score (nSPS) is 11.9. The van der Waals surface area contributed by atoms with Crippen LogP contribution in [0.1, 0.15) is 29.7 Å². The van der Waals surface area contributed by atoms with Crippen molar-refractivity contribution < 1.29 is 4.79 Å². The Balaban J connectivity index is 1.69. The highest BCUT2D eigenvalue weighted by molar-refractivity contribution is 7.99. The second kappa shape index (κ2) is 8.86. The van der Waals surface area contributed by atoms with Crippen LogP contribution in [-0.2, 0) is 11.3 Å². The Bertz CT molecular complexity index is 603. The van der Waals surface area contributed by atoms with Gasteiger partial charge in [-0.25, -0.2) is 0 Å². The molecule has 1 atom stereocenters. The average Bonchev–Trinajstić information content (AvgIpc) is 2.55. The lowest BCUT2D eigenvalue weighted by Crippen LogP contribution is -2.23. The van der Waals surface area contributed by atoms with Crippen LogP contribution < -0.4 is 5.32 Å². The van der Waals surface area contributed by atoms with Gasteiger partial charge < -0.3 is 5.32 Å². The predicted octanol–water partition coefficient (Wildman–Crippen LogP) is 4.84. The molecule has 2 nitrogen and oxygen atoms in total. The first kappa shape index (κ1) is 16.9. The molecule has 0 bridgehead atoms. The van der Waals surface area contributed by atoms with Gasteiger partial charge in [-0.2, -0.15) is 11.8 Å². The highest BCUT2D eigenvalue weighted by Gasteiger charge is 2.08. The number of hydrogen-bond acceptors (Lipinski definition) is 2. The minimum Gasteiger partial charge on any atom is -0.352 e. The molecule has 2 aromatic carbocycles. The summed E-state index contributed by atoms with van der Waals surface area (Å²) >= 11 is 7.86. The van der Waals surface area contributed by atoms with Crippen molar-refractivity contribution in [3.05, 3.63) is 70.7 Å². The molecule has 0 saturated heterocycles. The van der Waals surface area contributed by atoms with E-state index in [-0.39, 0.29) is 5.91 Å². The molecule has 0 saturated carbocycles. The summed E-state index contributed by atoms with van der Waals surface area (Å²) in [5.74, 6) is 0.873. The largest absolute Gasteiger partial charge is 0.352 e. The molecule has 0 unspecified atom stereocenters. The smallest absolute Gasteiger partial charge is 0.221 e. The first-order valence-electron chi connectivity index (χ1n) is 7.33. The Morgan fingerprint density at radius 2 is 1.82 bits per heavy atom. The van der Waals surface area contributed by atoms with E-state index in [1.807, 2.05) is 42.5 Å². The number of nitrogens with one attached hydrogen (secondary N) is 1. The number of carbonyl (C=O) groups is 1. The fourth-order valence-corrected chi connectivity index (χ4v) is 3.28. The molecular weight excluding hydrogens is 314 g/mol. The topological polar surface area (TPSA) is 29.1 Å². The van der Waals surface area contributed by atoms with E-state index in [0.29, 0.717) is 23.2 Å². The molecule has 0 aliphatic rings. The molecule has 22 heavy (non-hydrogen) atoms. The zero-order valence-corrected chi connectivity index (χ0v) is 14.2. The van der Waals surface area contributed by atoms with Gasteiger partial charge in [0.15, 0.2) is 0 Å². The lowest BCUT2D eigenvalue weighted by atomic mass is 10.2. The summed E-state index contributed by atoms with van der Waals surface area (Å²) in [4.78, 5) is 11.9. The SMILES string of the molecule is C[C@@H](SCCC(=O)NCc1ccccc1Cl)c1ccccc1. The van der Waals surface area contributed by atoms with Gasteiger partial charge in [-0.3, -0.25) is 4.79 Å². The van der Waals surface area contributed by atoms with E-state index in [4.69, 9.17) is 11.6 Å². The van der Waals surface area contributed by atoms with Crippen LogP contribution in [0.2, 0.25) is 5.02 Å². The van der Waals surface area contributed by atoms with Crippen LogP contribution in [0.4, 0.5) is 0 Å². The number of halogens is 1. The minimum absolute atomic E-state index is 0.0627. The average molecular weight is 334 g/mol. The molecule has 1 N–H and O–H groups in total. The standard InChI is InChI=1S/C18H20ClNOS/c1-14(15-7-3-2-4-8-15)22-12-11-18(21)20-13-16-9-5-6-10-17(16)19/h2-10,14H,11-13H2,1H3,(H,20,21)/t14-/m1/s1. The maximum Gasteiger partial charge on any atom is 0.221 e. The first-order chi connectivity index (χ1) is 10.7. The number of amides is 1. The van der Waals surface area contributed by atoms with Crippen LogP contribution >= 0.6 is 23.4 Å². The maximum atomic E-state index is 11.9. The fourth-order valence-electron chi connectivity index (χ4n) is 2.07. The van der Waals surface area contributed by atoms with Gasteiger partial charge in [0.1, 0.15) is 0 Å². The van der Waals surface area contributed by atoms with Crippen LogP contribution in [0, 0.1) is 0 Å².